The monoisotopic (exact) mass is 350 g/mol. The van der Waals surface area contributed by atoms with Crippen molar-refractivity contribution in [2.75, 3.05) is 5.32 Å². The number of nitrogens with two attached hydrogens (primary N) is 1. The molecule has 0 bridgehead atoms. The Hall–Kier alpha value is -2.19. The molecule has 0 aromatic carbocycles. The van der Waals surface area contributed by atoms with Gasteiger partial charge in [-0.15, -0.1) is 11.3 Å². The van der Waals surface area contributed by atoms with Gasteiger partial charge in [-0.3, -0.25) is 9.59 Å². The molecular weight excluding hydrogens is 328 g/mol. The van der Waals surface area contributed by atoms with Crippen molar-refractivity contribution in [3.8, 4) is 11.5 Å². The Bertz CT molecular complexity index is 708. The fourth-order valence-corrected chi connectivity index (χ4v) is 2.78. The normalized spacial score (nSPS) is 12.2. The molecule has 0 saturated heterocycles. The highest BCUT2D eigenvalue weighted by atomic mass is 32.1. The molecular formula is C16H22N4O3S. The summed E-state index contributed by atoms with van der Waals surface area (Å²) in [5.74, 6) is 1.21. The van der Waals surface area contributed by atoms with Gasteiger partial charge in [0.1, 0.15) is 11.5 Å². The van der Waals surface area contributed by atoms with Crippen LogP contribution in [-0.2, 0) is 16.1 Å². The number of hydrogen-bond acceptors (Lipinski definition) is 6. The summed E-state index contributed by atoms with van der Waals surface area (Å²) in [6.45, 7) is 5.81. The molecule has 7 nitrogen and oxygen atoms in total. The zero-order chi connectivity index (χ0) is 17.7. The number of nitrogens with zero attached hydrogens (tertiary/aromatic N) is 1. The lowest BCUT2D eigenvalue weighted by Gasteiger charge is -2.12. The van der Waals surface area contributed by atoms with Gasteiger partial charge in [0, 0.05) is 12.3 Å². The molecule has 2 heterocycles. The van der Waals surface area contributed by atoms with Crippen LogP contribution in [0.15, 0.2) is 21.9 Å². The number of amides is 2. The average molecular weight is 350 g/mol. The molecule has 2 aromatic rings. The van der Waals surface area contributed by atoms with Crippen LogP contribution in [0.4, 0.5) is 5.13 Å². The number of carbonyl (C=O) groups excluding carboxylic acids is 2. The topological polar surface area (TPSA) is 110 Å². The summed E-state index contributed by atoms with van der Waals surface area (Å²) in [7, 11) is 0. The number of nitrogens with one attached hydrogen (secondary N) is 2. The number of furan rings is 1. The smallest absolute Gasteiger partial charge is 0.243 e. The molecule has 0 aliphatic carbocycles. The Labute approximate surface area is 144 Å². The van der Waals surface area contributed by atoms with Crippen molar-refractivity contribution in [3.05, 3.63) is 23.3 Å². The van der Waals surface area contributed by atoms with E-state index in [2.05, 4.69) is 15.6 Å². The van der Waals surface area contributed by atoms with Crippen molar-refractivity contribution in [3.63, 3.8) is 0 Å². The number of hydrogen-bond donors (Lipinski definition) is 3. The SMILES string of the molecule is CC(=O)NCc1ccc(-c2csc(NC(=O)[C@@H](N)CC(C)C)n2)o1. The predicted octanol–water partition coefficient (Wildman–Crippen LogP) is 2.35. The Balaban J connectivity index is 1.98. The minimum absolute atomic E-state index is 0.121. The summed E-state index contributed by atoms with van der Waals surface area (Å²) < 4.78 is 5.63. The van der Waals surface area contributed by atoms with Crippen molar-refractivity contribution >= 4 is 28.3 Å². The Morgan fingerprint density at radius 1 is 1.38 bits per heavy atom. The minimum Gasteiger partial charge on any atom is -0.458 e. The summed E-state index contributed by atoms with van der Waals surface area (Å²) in [4.78, 5) is 27.3. The second kappa shape index (κ2) is 8.07. The van der Waals surface area contributed by atoms with Crippen LogP contribution in [0, 0.1) is 5.92 Å². The first-order valence-electron chi connectivity index (χ1n) is 7.70. The van der Waals surface area contributed by atoms with Crippen molar-refractivity contribution in [1.82, 2.24) is 10.3 Å². The molecule has 0 radical (unpaired) electrons. The molecule has 24 heavy (non-hydrogen) atoms. The number of thiazole rings is 1. The van der Waals surface area contributed by atoms with Crippen LogP contribution in [0.5, 0.6) is 0 Å². The van der Waals surface area contributed by atoms with Gasteiger partial charge < -0.3 is 20.8 Å². The minimum atomic E-state index is -0.551. The number of aromatic nitrogens is 1. The summed E-state index contributed by atoms with van der Waals surface area (Å²) in [5, 5.41) is 7.67. The van der Waals surface area contributed by atoms with Gasteiger partial charge in [0.2, 0.25) is 11.8 Å². The van der Waals surface area contributed by atoms with Gasteiger partial charge >= 0.3 is 0 Å². The summed E-state index contributed by atoms with van der Waals surface area (Å²) in [6.07, 6.45) is 0.620. The standard InChI is InChI=1S/C16H22N4O3S/c1-9(2)6-12(17)15(22)20-16-19-13(8-24-16)14-5-4-11(23-14)7-18-10(3)21/h4-5,8-9,12H,6-7,17H2,1-3H3,(H,18,21)(H,19,20,22)/t12-/m0/s1. The van der Waals surface area contributed by atoms with Crippen LogP contribution in [0.1, 0.15) is 33.0 Å². The molecule has 2 amide bonds. The van der Waals surface area contributed by atoms with E-state index in [4.69, 9.17) is 10.2 Å². The van der Waals surface area contributed by atoms with E-state index in [1.807, 2.05) is 13.8 Å². The number of rotatable bonds is 7. The second-order valence-corrected chi connectivity index (χ2v) is 6.80. The summed E-state index contributed by atoms with van der Waals surface area (Å²) in [6, 6.07) is 3.01. The molecule has 8 heteroatoms. The maximum absolute atomic E-state index is 12.0. The van der Waals surface area contributed by atoms with Gasteiger partial charge in [-0.25, -0.2) is 4.98 Å². The van der Waals surface area contributed by atoms with E-state index in [-0.39, 0.29) is 11.8 Å². The molecule has 0 spiro atoms. The first kappa shape index (κ1) is 18.2. The van der Waals surface area contributed by atoms with E-state index >= 15 is 0 Å². The quantitative estimate of drug-likeness (QED) is 0.710. The fraction of sp³-hybridized carbons (Fsp3) is 0.438. The molecule has 0 unspecified atom stereocenters. The van der Waals surface area contributed by atoms with Crippen LogP contribution in [0.2, 0.25) is 0 Å². The maximum atomic E-state index is 12.0. The van der Waals surface area contributed by atoms with Crippen molar-refractivity contribution in [1.29, 1.82) is 0 Å². The highest BCUT2D eigenvalue weighted by molar-refractivity contribution is 7.14. The van der Waals surface area contributed by atoms with Gasteiger partial charge in [0.15, 0.2) is 10.9 Å². The van der Waals surface area contributed by atoms with E-state index in [1.165, 1.54) is 18.3 Å². The van der Waals surface area contributed by atoms with Crippen molar-refractivity contribution < 1.29 is 14.0 Å². The third-order valence-electron chi connectivity index (χ3n) is 3.22. The van der Waals surface area contributed by atoms with Gasteiger partial charge in [-0.1, -0.05) is 13.8 Å². The van der Waals surface area contributed by atoms with Crippen LogP contribution in [0.25, 0.3) is 11.5 Å². The lowest BCUT2D eigenvalue weighted by Crippen LogP contribution is -2.36. The lowest BCUT2D eigenvalue weighted by molar-refractivity contribution is -0.119. The van der Waals surface area contributed by atoms with Crippen molar-refractivity contribution in [2.45, 2.75) is 39.8 Å². The molecule has 2 rings (SSSR count). The zero-order valence-electron chi connectivity index (χ0n) is 14.0. The summed E-state index contributed by atoms with van der Waals surface area (Å²) in [5.41, 5.74) is 6.48. The second-order valence-electron chi connectivity index (χ2n) is 5.94. The molecule has 130 valence electrons. The molecule has 0 saturated carbocycles. The van der Waals surface area contributed by atoms with E-state index < -0.39 is 6.04 Å². The van der Waals surface area contributed by atoms with Crippen molar-refractivity contribution in [2.24, 2.45) is 11.7 Å². The van der Waals surface area contributed by atoms with Gasteiger partial charge in [-0.05, 0) is 24.5 Å². The first-order valence-corrected chi connectivity index (χ1v) is 8.58. The molecule has 0 aliphatic heterocycles. The molecule has 0 fully saturated rings. The van der Waals surface area contributed by atoms with Crippen LogP contribution < -0.4 is 16.4 Å². The molecule has 4 N–H and O–H groups in total. The number of carbonyl (C=O) groups is 2. The number of anilines is 1. The average Bonchev–Trinajstić information content (AvgIpc) is 3.13. The highest BCUT2D eigenvalue weighted by Gasteiger charge is 2.17. The third kappa shape index (κ3) is 5.17. The highest BCUT2D eigenvalue weighted by Crippen LogP contribution is 2.26. The van der Waals surface area contributed by atoms with E-state index in [0.29, 0.717) is 41.2 Å². The predicted molar refractivity (Wildman–Crippen MR) is 93.4 cm³/mol. The van der Waals surface area contributed by atoms with E-state index in [9.17, 15) is 9.59 Å². The first-order chi connectivity index (χ1) is 11.3. The molecule has 1 atom stereocenters. The van der Waals surface area contributed by atoms with Crippen LogP contribution in [0.3, 0.4) is 0 Å². The molecule has 0 aliphatic rings. The zero-order valence-corrected chi connectivity index (χ0v) is 14.8. The van der Waals surface area contributed by atoms with Crippen LogP contribution >= 0.6 is 11.3 Å². The van der Waals surface area contributed by atoms with Crippen LogP contribution in [-0.4, -0.2) is 22.8 Å². The lowest BCUT2D eigenvalue weighted by atomic mass is 10.0. The fourth-order valence-electron chi connectivity index (χ4n) is 2.08. The van der Waals surface area contributed by atoms with Gasteiger partial charge in [-0.2, -0.15) is 0 Å². The Morgan fingerprint density at radius 2 is 2.12 bits per heavy atom. The van der Waals surface area contributed by atoms with E-state index in [0.717, 1.165) is 0 Å². The largest absolute Gasteiger partial charge is 0.458 e. The summed E-state index contributed by atoms with van der Waals surface area (Å²) >= 11 is 1.31. The molecule has 2 aromatic heterocycles. The Morgan fingerprint density at radius 3 is 2.79 bits per heavy atom. The Kier molecular flexibility index (Phi) is 6.10. The van der Waals surface area contributed by atoms with Gasteiger partial charge in [0.25, 0.3) is 0 Å². The van der Waals surface area contributed by atoms with Gasteiger partial charge in [0.05, 0.1) is 12.6 Å². The maximum Gasteiger partial charge on any atom is 0.243 e. The van der Waals surface area contributed by atoms with E-state index in [1.54, 1.807) is 17.5 Å². The third-order valence-corrected chi connectivity index (χ3v) is 3.98.